The predicted molar refractivity (Wildman–Crippen MR) is 83.3 cm³/mol. The van der Waals surface area contributed by atoms with Crippen LogP contribution in [0.2, 0.25) is 0 Å². The molecule has 0 saturated carbocycles. The van der Waals surface area contributed by atoms with Gasteiger partial charge in [0.05, 0.1) is 0 Å². The number of likely N-dealkylation sites (N-methyl/N-ethyl adjacent to an activating group) is 1. The Morgan fingerprint density at radius 2 is 1.95 bits per heavy atom. The largest absolute Gasteiger partial charge is 0.341 e. The molecule has 0 aromatic heterocycles. The van der Waals surface area contributed by atoms with Gasteiger partial charge in [-0.15, -0.1) is 24.8 Å². The van der Waals surface area contributed by atoms with Crippen LogP contribution in [0.4, 0.5) is 0 Å². The van der Waals surface area contributed by atoms with Gasteiger partial charge in [0.2, 0.25) is 5.91 Å². The number of likely N-dealkylation sites (tertiary alicyclic amines) is 1. The molecule has 4 nitrogen and oxygen atoms in total. The summed E-state index contributed by atoms with van der Waals surface area (Å²) < 4.78 is 0. The Labute approximate surface area is 129 Å². The minimum absolute atomic E-state index is 0. The van der Waals surface area contributed by atoms with Gasteiger partial charge >= 0.3 is 0 Å². The van der Waals surface area contributed by atoms with E-state index >= 15 is 0 Å². The average Bonchev–Trinajstić information content (AvgIpc) is 2.25. The Morgan fingerprint density at radius 3 is 2.42 bits per heavy atom. The maximum atomic E-state index is 12.4. The van der Waals surface area contributed by atoms with Crippen LogP contribution in [0.3, 0.4) is 0 Å². The molecule has 2 saturated heterocycles. The zero-order valence-electron chi connectivity index (χ0n) is 12.1. The second-order valence-corrected chi connectivity index (χ2v) is 5.75. The third-order valence-corrected chi connectivity index (χ3v) is 4.35. The summed E-state index contributed by atoms with van der Waals surface area (Å²) >= 11 is 0. The number of hydrogen-bond acceptors (Lipinski definition) is 3. The van der Waals surface area contributed by atoms with Crippen LogP contribution in [0, 0.1) is 11.8 Å². The quantitative estimate of drug-likeness (QED) is 0.852. The summed E-state index contributed by atoms with van der Waals surface area (Å²) in [4.78, 5) is 16.7. The van der Waals surface area contributed by atoms with Crippen LogP contribution in [0.1, 0.15) is 19.8 Å². The van der Waals surface area contributed by atoms with Gasteiger partial charge in [0, 0.05) is 25.0 Å². The number of nitrogens with zero attached hydrogens (tertiary/aromatic N) is 2. The molecule has 19 heavy (non-hydrogen) atoms. The van der Waals surface area contributed by atoms with Gasteiger partial charge in [-0.25, -0.2) is 0 Å². The van der Waals surface area contributed by atoms with Crippen molar-refractivity contribution in [2.45, 2.75) is 25.8 Å². The van der Waals surface area contributed by atoms with Gasteiger partial charge in [0.1, 0.15) is 0 Å². The van der Waals surface area contributed by atoms with Crippen molar-refractivity contribution in [3.05, 3.63) is 0 Å². The monoisotopic (exact) mass is 311 g/mol. The number of nitrogens with one attached hydrogen (secondary N) is 1. The van der Waals surface area contributed by atoms with E-state index in [1.54, 1.807) is 0 Å². The molecule has 2 aliphatic rings. The van der Waals surface area contributed by atoms with Crippen molar-refractivity contribution in [1.82, 2.24) is 15.1 Å². The summed E-state index contributed by atoms with van der Waals surface area (Å²) in [6.07, 6.45) is 2.36. The number of halogens is 2. The molecule has 2 heterocycles. The maximum Gasteiger partial charge on any atom is 0.225 e. The van der Waals surface area contributed by atoms with Gasteiger partial charge in [-0.3, -0.25) is 4.79 Å². The normalized spacial score (nSPS) is 25.1. The maximum absolute atomic E-state index is 12.4. The zero-order chi connectivity index (χ0) is 12.4. The molecule has 2 unspecified atom stereocenters. The van der Waals surface area contributed by atoms with E-state index in [4.69, 9.17) is 0 Å². The Balaban J connectivity index is 0.00000162. The van der Waals surface area contributed by atoms with Crippen LogP contribution in [-0.4, -0.2) is 62.0 Å². The van der Waals surface area contributed by atoms with Crippen LogP contribution in [0.5, 0.6) is 0 Å². The molecule has 0 bridgehead atoms. The van der Waals surface area contributed by atoms with Crippen molar-refractivity contribution >= 4 is 30.7 Å². The van der Waals surface area contributed by atoms with E-state index in [0.29, 0.717) is 17.9 Å². The highest BCUT2D eigenvalue weighted by Crippen LogP contribution is 2.21. The molecule has 0 spiro atoms. The fraction of sp³-hybridized carbons (Fsp3) is 0.923. The third kappa shape index (κ3) is 4.48. The Morgan fingerprint density at radius 1 is 1.32 bits per heavy atom. The van der Waals surface area contributed by atoms with Gasteiger partial charge in [-0.05, 0) is 45.9 Å². The van der Waals surface area contributed by atoms with Crippen LogP contribution in [0.15, 0.2) is 0 Å². The lowest BCUT2D eigenvalue weighted by molar-refractivity contribution is -0.139. The first kappa shape index (κ1) is 19.0. The molecule has 2 rings (SSSR count). The number of rotatable bonds is 3. The second-order valence-electron chi connectivity index (χ2n) is 5.75. The Kier molecular flexibility index (Phi) is 8.29. The van der Waals surface area contributed by atoms with Crippen LogP contribution in [0.25, 0.3) is 0 Å². The molecular weight excluding hydrogens is 285 g/mol. The van der Waals surface area contributed by atoms with Gasteiger partial charge in [0.25, 0.3) is 0 Å². The zero-order valence-corrected chi connectivity index (χ0v) is 13.7. The molecule has 1 N–H and O–H groups in total. The van der Waals surface area contributed by atoms with Crippen LogP contribution >= 0.6 is 24.8 Å². The highest BCUT2D eigenvalue weighted by molar-refractivity contribution is 5.85. The molecule has 2 fully saturated rings. The lowest BCUT2D eigenvalue weighted by Gasteiger charge is -2.40. The molecule has 0 aromatic carbocycles. The third-order valence-electron chi connectivity index (χ3n) is 4.35. The number of piperidine rings is 1. The van der Waals surface area contributed by atoms with E-state index in [0.717, 1.165) is 32.6 Å². The van der Waals surface area contributed by atoms with Gasteiger partial charge in [-0.1, -0.05) is 6.92 Å². The van der Waals surface area contributed by atoms with Crippen LogP contribution < -0.4 is 5.32 Å². The van der Waals surface area contributed by atoms with Gasteiger partial charge < -0.3 is 15.1 Å². The minimum atomic E-state index is 0. The first-order valence-electron chi connectivity index (χ1n) is 6.75. The Bertz CT molecular complexity index is 285. The number of amides is 1. The molecule has 2 atom stereocenters. The van der Waals surface area contributed by atoms with Crippen molar-refractivity contribution in [3.8, 4) is 0 Å². The van der Waals surface area contributed by atoms with E-state index in [-0.39, 0.29) is 30.7 Å². The van der Waals surface area contributed by atoms with Crippen LogP contribution in [-0.2, 0) is 4.79 Å². The molecule has 2 aliphatic heterocycles. The van der Waals surface area contributed by atoms with E-state index in [1.807, 2.05) is 0 Å². The standard InChI is InChI=1S/C13H25N3O.2ClH/c1-10(11-7-14-8-11)13(17)16-6-4-5-12(9-16)15(2)3;;/h10-12,14H,4-9H2,1-3H3;2*1H. The highest BCUT2D eigenvalue weighted by atomic mass is 35.5. The van der Waals surface area contributed by atoms with Gasteiger partial charge in [-0.2, -0.15) is 0 Å². The topological polar surface area (TPSA) is 35.6 Å². The van der Waals surface area contributed by atoms with Crippen molar-refractivity contribution < 1.29 is 4.79 Å². The van der Waals surface area contributed by atoms with Crippen molar-refractivity contribution in [2.24, 2.45) is 11.8 Å². The average molecular weight is 312 g/mol. The summed E-state index contributed by atoms with van der Waals surface area (Å²) in [6.45, 7) is 5.98. The second kappa shape index (κ2) is 8.30. The van der Waals surface area contributed by atoms with E-state index in [1.165, 1.54) is 6.42 Å². The fourth-order valence-corrected chi connectivity index (χ4v) is 2.73. The molecule has 6 heteroatoms. The predicted octanol–water partition coefficient (Wildman–Crippen LogP) is 1.24. The lowest BCUT2D eigenvalue weighted by atomic mass is 9.87. The first-order chi connectivity index (χ1) is 8.09. The molecule has 0 aromatic rings. The number of carbonyl (C=O) groups excluding carboxylic acids is 1. The summed E-state index contributed by atoms with van der Waals surface area (Å²) in [5.74, 6) is 1.11. The van der Waals surface area contributed by atoms with Crippen molar-refractivity contribution in [3.63, 3.8) is 0 Å². The molecule has 1 amide bonds. The van der Waals surface area contributed by atoms with E-state index < -0.39 is 0 Å². The van der Waals surface area contributed by atoms with Crippen molar-refractivity contribution in [2.75, 3.05) is 40.3 Å². The van der Waals surface area contributed by atoms with E-state index in [2.05, 4.69) is 36.1 Å². The smallest absolute Gasteiger partial charge is 0.225 e. The number of hydrogen-bond donors (Lipinski definition) is 1. The van der Waals surface area contributed by atoms with Crippen molar-refractivity contribution in [1.29, 1.82) is 0 Å². The summed E-state index contributed by atoms with van der Waals surface area (Å²) in [7, 11) is 4.22. The lowest BCUT2D eigenvalue weighted by Crippen LogP contribution is -2.53. The van der Waals surface area contributed by atoms with Gasteiger partial charge in [0.15, 0.2) is 0 Å². The highest BCUT2D eigenvalue weighted by Gasteiger charge is 2.33. The molecule has 0 radical (unpaired) electrons. The first-order valence-corrected chi connectivity index (χ1v) is 6.75. The summed E-state index contributed by atoms with van der Waals surface area (Å²) in [6, 6.07) is 0.541. The summed E-state index contributed by atoms with van der Waals surface area (Å²) in [5, 5.41) is 3.25. The minimum Gasteiger partial charge on any atom is -0.341 e. The SMILES string of the molecule is CC(C(=O)N1CCCC(N(C)C)C1)C1CNC1.Cl.Cl. The molecule has 114 valence electrons. The molecular formula is C13H27Cl2N3O. The molecule has 0 aliphatic carbocycles. The van der Waals surface area contributed by atoms with E-state index in [9.17, 15) is 4.79 Å². The Hall–Kier alpha value is -0.0300. The summed E-state index contributed by atoms with van der Waals surface area (Å²) in [5.41, 5.74) is 0. The fourth-order valence-electron chi connectivity index (χ4n) is 2.73. The number of carbonyl (C=O) groups is 1.